The van der Waals surface area contributed by atoms with Gasteiger partial charge in [0.2, 0.25) is 0 Å². The van der Waals surface area contributed by atoms with Crippen molar-refractivity contribution in [3.63, 3.8) is 0 Å². The first-order valence-electron chi connectivity index (χ1n) is 17.4. The molecule has 0 unspecified atom stereocenters. The van der Waals surface area contributed by atoms with E-state index < -0.39 is 34.8 Å². The van der Waals surface area contributed by atoms with E-state index >= 15 is 17.6 Å². The quantitative estimate of drug-likeness (QED) is 0.127. The molecule has 0 spiro atoms. The molecule has 53 heavy (non-hydrogen) atoms. The molecule has 0 saturated carbocycles. The molecule has 0 amide bonds. The van der Waals surface area contributed by atoms with Gasteiger partial charge in [0, 0.05) is 33.2 Å². The normalized spacial score (nSPS) is 12.9. The number of nitrogens with zero attached hydrogens (tertiary/aromatic N) is 2. The van der Waals surface area contributed by atoms with Crippen molar-refractivity contribution in [3.05, 3.63) is 143 Å². The molecule has 0 N–H and O–H groups in total. The summed E-state index contributed by atoms with van der Waals surface area (Å²) in [5.74, 6) is -3.86. The lowest BCUT2D eigenvalue weighted by molar-refractivity contribution is -0.137. The second-order valence-electron chi connectivity index (χ2n) is 15.8. The highest BCUT2D eigenvalue weighted by atomic mass is 19.4. The minimum atomic E-state index is -4.94. The second-order valence-corrected chi connectivity index (χ2v) is 15.8. The molecule has 0 fully saturated rings. The van der Waals surface area contributed by atoms with Crippen LogP contribution in [0, 0.1) is 17.5 Å². The maximum atomic E-state index is 16.1. The molecule has 0 radical (unpaired) electrons. The van der Waals surface area contributed by atoms with Gasteiger partial charge in [0.15, 0.2) is 11.6 Å². The first-order chi connectivity index (χ1) is 24.9. The van der Waals surface area contributed by atoms with Crippen LogP contribution in [-0.2, 0) is 17.0 Å². The topological polar surface area (TPSA) is 9.86 Å². The molecule has 2 aromatic heterocycles. The van der Waals surface area contributed by atoms with Crippen molar-refractivity contribution in [1.82, 2.24) is 9.13 Å². The summed E-state index contributed by atoms with van der Waals surface area (Å²) in [6, 6.07) is 29.4. The van der Waals surface area contributed by atoms with E-state index in [0.717, 1.165) is 38.7 Å². The standard InChI is InChI=1S/C45H36F6N2/c1-43(2,3)26-15-17-37-32(21-26)29-11-7-9-13-35(29)52(37)39-19-25(31-23-28(46)24-34(47)42(31)48)20-40(41(39)45(49,50)51)53-36-14-10-8-12-30(36)33-22-27(44(4,5)6)16-18-38(33)53/h7-24H,1-6H3. The van der Waals surface area contributed by atoms with Crippen LogP contribution in [0.15, 0.2) is 109 Å². The van der Waals surface area contributed by atoms with Gasteiger partial charge in [-0.15, -0.1) is 0 Å². The van der Waals surface area contributed by atoms with Crippen molar-refractivity contribution >= 4 is 43.6 Å². The number of halogens is 6. The van der Waals surface area contributed by atoms with E-state index in [9.17, 15) is 8.78 Å². The van der Waals surface area contributed by atoms with Crippen molar-refractivity contribution in [2.75, 3.05) is 0 Å². The minimum absolute atomic E-state index is 0.117. The van der Waals surface area contributed by atoms with E-state index in [1.807, 2.05) is 48.5 Å². The molecule has 0 bridgehead atoms. The first-order valence-corrected chi connectivity index (χ1v) is 17.4. The Kier molecular flexibility index (Phi) is 7.67. The van der Waals surface area contributed by atoms with Crippen LogP contribution in [0.2, 0.25) is 0 Å². The molecule has 0 aliphatic carbocycles. The van der Waals surface area contributed by atoms with Gasteiger partial charge in [-0.1, -0.05) is 90.1 Å². The summed E-state index contributed by atoms with van der Waals surface area (Å²) in [5.41, 5.74) is 1.27. The SMILES string of the molecule is CC(C)(C)c1ccc2c(c1)c1ccccc1n2-c1cc(-c2cc(F)cc(F)c2F)cc(-n2c3ccccc3c3cc(C(C)(C)C)ccc32)c1C(F)(F)F. The number of hydrogen-bond donors (Lipinski definition) is 0. The fraction of sp³-hybridized carbons (Fsp3) is 0.200. The Bertz CT molecular complexity index is 2620. The van der Waals surface area contributed by atoms with Gasteiger partial charge in [-0.2, -0.15) is 13.2 Å². The summed E-state index contributed by atoms with van der Waals surface area (Å²) in [6.45, 7) is 12.4. The number of para-hydroxylation sites is 2. The van der Waals surface area contributed by atoms with Crippen molar-refractivity contribution in [2.45, 2.75) is 58.5 Å². The Morgan fingerprint density at radius 2 is 0.906 bits per heavy atom. The zero-order valence-corrected chi connectivity index (χ0v) is 30.1. The van der Waals surface area contributed by atoms with Gasteiger partial charge in [0.1, 0.15) is 11.4 Å². The van der Waals surface area contributed by atoms with Gasteiger partial charge in [-0.05, 0) is 82.1 Å². The molecule has 0 aliphatic rings. The number of benzene rings is 6. The third-order valence-electron chi connectivity index (χ3n) is 10.2. The first kappa shape index (κ1) is 34.6. The molecule has 2 heterocycles. The van der Waals surface area contributed by atoms with Crippen LogP contribution in [0.25, 0.3) is 66.1 Å². The van der Waals surface area contributed by atoms with Gasteiger partial charge in [0.25, 0.3) is 0 Å². The third-order valence-corrected chi connectivity index (χ3v) is 10.2. The highest BCUT2D eigenvalue weighted by Gasteiger charge is 2.40. The van der Waals surface area contributed by atoms with E-state index in [1.165, 1.54) is 21.3 Å². The zero-order valence-electron chi connectivity index (χ0n) is 30.1. The molecule has 8 heteroatoms. The predicted molar refractivity (Wildman–Crippen MR) is 203 cm³/mol. The maximum absolute atomic E-state index is 16.1. The summed E-state index contributed by atoms with van der Waals surface area (Å²) in [5, 5.41) is 2.93. The molecule has 8 rings (SSSR count). The highest BCUT2D eigenvalue weighted by molar-refractivity contribution is 6.11. The van der Waals surface area contributed by atoms with Crippen LogP contribution in [0.4, 0.5) is 26.3 Å². The average Bonchev–Trinajstić information content (AvgIpc) is 3.60. The van der Waals surface area contributed by atoms with Crippen LogP contribution >= 0.6 is 0 Å². The van der Waals surface area contributed by atoms with Crippen LogP contribution in [-0.4, -0.2) is 9.13 Å². The largest absolute Gasteiger partial charge is 0.420 e. The van der Waals surface area contributed by atoms with Gasteiger partial charge in [0.05, 0.1) is 33.4 Å². The molecule has 0 aliphatic heterocycles. The molecule has 0 atom stereocenters. The van der Waals surface area contributed by atoms with Crippen LogP contribution in [0.5, 0.6) is 0 Å². The number of aromatic nitrogens is 2. The highest BCUT2D eigenvalue weighted by Crippen LogP contribution is 2.47. The summed E-state index contributed by atoms with van der Waals surface area (Å²) in [7, 11) is 0. The maximum Gasteiger partial charge on any atom is 0.420 e. The van der Waals surface area contributed by atoms with Gasteiger partial charge >= 0.3 is 6.18 Å². The van der Waals surface area contributed by atoms with E-state index in [4.69, 9.17) is 0 Å². The second kappa shape index (κ2) is 11.8. The van der Waals surface area contributed by atoms with Gasteiger partial charge in [-0.25, -0.2) is 13.2 Å². The Hall–Kier alpha value is -5.50. The zero-order chi connectivity index (χ0) is 37.8. The van der Waals surface area contributed by atoms with E-state index in [0.29, 0.717) is 28.1 Å². The van der Waals surface area contributed by atoms with E-state index in [1.54, 1.807) is 36.4 Å². The van der Waals surface area contributed by atoms with Crippen LogP contribution < -0.4 is 0 Å². The number of hydrogen-bond acceptors (Lipinski definition) is 0. The van der Waals surface area contributed by atoms with E-state index in [-0.39, 0.29) is 27.8 Å². The van der Waals surface area contributed by atoms with Crippen molar-refractivity contribution in [1.29, 1.82) is 0 Å². The number of alkyl halides is 3. The molecule has 8 aromatic rings. The molecular weight excluding hydrogens is 682 g/mol. The molecule has 6 aromatic carbocycles. The Balaban J connectivity index is 1.59. The number of rotatable bonds is 3. The van der Waals surface area contributed by atoms with Crippen LogP contribution in [0.1, 0.15) is 58.2 Å². The lowest BCUT2D eigenvalue weighted by Gasteiger charge is -2.24. The van der Waals surface area contributed by atoms with Crippen molar-refractivity contribution in [2.24, 2.45) is 0 Å². The molecule has 2 nitrogen and oxygen atoms in total. The summed E-state index contributed by atoms with van der Waals surface area (Å²) in [6.07, 6.45) is -4.94. The van der Waals surface area contributed by atoms with Gasteiger partial charge < -0.3 is 9.13 Å². The van der Waals surface area contributed by atoms with Crippen molar-refractivity contribution < 1.29 is 26.3 Å². The smallest absolute Gasteiger partial charge is 0.309 e. The summed E-state index contributed by atoms with van der Waals surface area (Å²) in [4.78, 5) is 0. The Labute approximate surface area is 302 Å². The fourth-order valence-electron chi connectivity index (χ4n) is 7.57. The van der Waals surface area contributed by atoms with Gasteiger partial charge in [-0.3, -0.25) is 0 Å². The average molecular weight is 719 g/mol. The third kappa shape index (κ3) is 5.58. The lowest BCUT2D eigenvalue weighted by Crippen LogP contribution is -2.16. The number of fused-ring (bicyclic) bond motifs is 6. The summed E-state index contributed by atoms with van der Waals surface area (Å²) < 4.78 is 96.6. The molecule has 0 saturated heterocycles. The van der Waals surface area contributed by atoms with Crippen LogP contribution in [0.3, 0.4) is 0 Å². The predicted octanol–water partition coefficient (Wildman–Crippen LogP) is 13.6. The van der Waals surface area contributed by atoms with Crippen molar-refractivity contribution in [3.8, 4) is 22.5 Å². The minimum Gasteiger partial charge on any atom is -0.309 e. The molecule has 268 valence electrons. The Morgan fingerprint density at radius 1 is 0.472 bits per heavy atom. The molecular formula is C45H36F6N2. The fourth-order valence-corrected chi connectivity index (χ4v) is 7.57. The lowest BCUT2D eigenvalue weighted by atomic mass is 9.86. The summed E-state index contributed by atoms with van der Waals surface area (Å²) >= 11 is 0. The van der Waals surface area contributed by atoms with E-state index in [2.05, 4.69) is 41.5 Å². The Morgan fingerprint density at radius 3 is 1.34 bits per heavy atom. The monoisotopic (exact) mass is 718 g/mol.